The third-order valence-electron chi connectivity index (χ3n) is 6.74. The van der Waals surface area contributed by atoms with Crippen molar-refractivity contribution in [2.75, 3.05) is 36.5 Å². The highest BCUT2D eigenvalue weighted by Crippen LogP contribution is 2.40. The Labute approximate surface area is 204 Å². The second-order valence-electron chi connectivity index (χ2n) is 9.30. The fraction of sp³-hybridized carbons (Fsp3) is 0.583. The van der Waals surface area contributed by atoms with Crippen molar-refractivity contribution in [3.8, 4) is 5.75 Å². The number of rotatable bonds is 8. The Bertz CT molecular complexity index is 1060. The number of hydrogen-bond acceptors (Lipinski definition) is 6. The summed E-state index contributed by atoms with van der Waals surface area (Å²) in [7, 11) is 0. The van der Waals surface area contributed by atoms with Gasteiger partial charge < -0.3 is 24.1 Å². The summed E-state index contributed by atoms with van der Waals surface area (Å²) in [6, 6.07) is 1.57. The zero-order valence-corrected chi connectivity index (χ0v) is 20.0. The third kappa shape index (κ3) is 5.74. The predicted octanol–water partition coefficient (Wildman–Crippen LogP) is 5.49. The fourth-order valence-corrected chi connectivity index (χ4v) is 4.46. The van der Waals surface area contributed by atoms with E-state index in [9.17, 15) is 26.7 Å². The van der Waals surface area contributed by atoms with Crippen LogP contribution < -0.4 is 15.0 Å². The molecule has 0 radical (unpaired) electrons. The zero-order chi connectivity index (χ0) is 26.1. The molecule has 0 spiro atoms. The molecule has 12 heteroatoms. The van der Waals surface area contributed by atoms with Crippen LogP contribution in [0.5, 0.6) is 5.75 Å². The number of benzene rings is 1. The monoisotopic (exact) mass is 517 g/mol. The molecule has 2 aliphatic rings. The van der Waals surface area contributed by atoms with E-state index in [4.69, 9.17) is 13.9 Å². The van der Waals surface area contributed by atoms with Gasteiger partial charge in [-0.1, -0.05) is 13.8 Å². The van der Waals surface area contributed by atoms with E-state index >= 15 is 0 Å². The number of ether oxygens (including phenoxy) is 2. The largest absolute Gasteiger partial charge is 0.482 e. The summed E-state index contributed by atoms with van der Waals surface area (Å²) < 4.78 is 84.5. The van der Waals surface area contributed by atoms with Gasteiger partial charge in [-0.05, 0) is 25.7 Å². The van der Waals surface area contributed by atoms with Crippen molar-refractivity contribution in [1.82, 2.24) is 4.98 Å². The standard InChI is InChI=1S/C24H28F5N3O4/c1-3-23(4-2)12-32(13-23)22-31-19(18(36-22)10-24(27,28)29)21(33)30-14-8-16(25)20(17(26)9-14)35-15-6-5-7-34-11-15/h8-9,15H,3-7,10-13H2,1-2H3,(H,30,33). The maximum Gasteiger partial charge on any atom is 0.396 e. The van der Waals surface area contributed by atoms with E-state index in [0.29, 0.717) is 32.5 Å². The summed E-state index contributed by atoms with van der Waals surface area (Å²) in [6.07, 6.45) is -3.65. The van der Waals surface area contributed by atoms with Crippen molar-refractivity contribution in [3.05, 3.63) is 35.2 Å². The van der Waals surface area contributed by atoms with Crippen LogP contribution >= 0.6 is 0 Å². The zero-order valence-electron chi connectivity index (χ0n) is 20.0. The summed E-state index contributed by atoms with van der Waals surface area (Å²) >= 11 is 0. The van der Waals surface area contributed by atoms with Crippen molar-refractivity contribution >= 4 is 17.6 Å². The fourth-order valence-electron chi connectivity index (χ4n) is 4.46. The molecule has 36 heavy (non-hydrogen) atoms. The van der Waals surface area contributed by atoms with Gasteiger partial charge in [0.05, 0.1) is 6.61 Å². The van der Waals surface area contributed by atoms with E-state index in [-0.39, 0.29) is 23.7 Å². The Kier molecular flexibility index (Phi) is 7.44. The number of carbonyl (C=O) groups excluding carboxylic acids is 1. The molecule has 7 nitrogen and oxygen atoms in total. The lowest BCUT2D eigenvalue weighted by molar-refractivity contribution is -0.130. The highest BCUT2D eigenvalue weighted by molar-refractivity contribution is 6.03. The van der Waals surface area contributed by atoms with Gasteiger partial charge in [-0.15, -0.1) is 0 Å². The summed E-state index contributed by atoms with van der Waals surface area (Å²) in [5, 5.41) is 2.22. The molecule has 2 aromatic rings. The van der Waals surface area contributed by atoms with Crippen molar-refractivity contribution in [3.63, 3.8) is 0 Å². The first kappa shape index (κ1) is 26.2. The molecule has 1 N–H and O–H groups in total. The van der Waals surface area contributed by atoms with E-state index in [0.717, 1.165) is 25.0 Å². The smallest absolute Gasteiger partial charge is 0.396 e. The van der Waals surface area contributed by atoms with Crippen LogP contribution in [-0.2, 0) is 11.2 Å². The quantitative estimate of drug-likeness (QED) is 0.467. The Morgan fingerprint density at radius 1 is 1.22 bits per heavy atom. The highest BCUT2D eigenvalue weighted by Gasteiger charge is 2.43. The van der Waals surface area contributed by atoms with Crippen molar-refractivity contribution in [2.45, 2.75) is 58.2 Å². The van der Waals surface area contributed by atoms with Crippen molar-refractivity contribution in [1.29, 1.82) is 0 Å². The second-order valence-corrected chi connectivity index (χ2v) is 9.30. The molecular weight excluding hydrogens is 489 g/mol. The Morgan fingerprint density at radius 3 is 2.44 bits per heavy atom. The Morgan fingerprint density at radius 2 is 1.89 bits per heavy atom. The first-order chi connectivity index (χ1) is 17.0. The van der Waals surface area contributed by atoms with Crippen LogP contribution in [0.25, 0.3) is 0 Å². The number of nitrogens with zero attached hydrogens (tertiary/aromatic N) is 2. The third-order valence-corrected chi connectivity index (χ3v) is 6.74. The number of carbonyl (C=O) groups is 1. The number of hydrogen-bond donors (Lipinski definition) is 1. The first-order valence-corrected chi connectivity index (χ1v) is 11.9. The average Bonchev–Trinajstić information content (AvgIpc) is 3.19. The van der Waals surface area contributed by atoms with E-state index in [1.807, 2.05) is 13.8 Å². The van der Waals surface area contributed by atoms with Crippen molar-refractivity contribution in [2.24, 2.45) is 5.41 Å². The van der Waals surface area contributed by atoms with E-state index < -0.39 is 53.4 Å². The van der Waals surface area contributed by atoms with Gasteiger partial charge in [0.2, 0.25) is 0 Å². The molecule has 4 rings (SSSR count). The average molecular weight is 517 g/mol. The van der Waals surface area contributed by atoms with Gasteiger partial charge in [0.15, 0.2) is 23.1 Å². The minimum Gasteiger partial charge on any atom is -0.482 e. The summed E-state index contributed by atoms with van der Waals surface area (Å²) in [6.45, 7) is 5.88. The molecule has 1 unspecified atom stereocenters. The second kappa shape index (κ2) is 10.2. The van der Waals surface area contributed by atoms with Crippen molar-refractivity contribution < 1.29 is 40.6 Å². The maximum atomic E-state index is 14.6. The lowest BCUT2D eigenvalue weighted by Gasteiger charge is -2.49. The van der Waals surface area contributed by atoms with Gasteiger partial charge in [0, 0.05) is 42.9 Å². The molecule has 3 heterocycles. The van der Waals surface area contributed by atoms with Crippen LogP contribution in [-0.4, -0.2) is 49.5 Å². The summed E-state index contributed by atoms with van der Waals surface area (Å²) in [4.78, 5) is 18.5. The molecular formula is C24H28F5N3O4. The molecule has 1 aromatic carbocycles. The molecule has 2 aliphatic heterocycles. The number of aromatic nitrogens is 1. The van der Waals surface area contributed by atoms with Gasteiger partial charge in [0.25, 0.3) is 11.9 Å². The van der Waals surface area contributed by atoms with Crippen LogP contribution in [0.4, 0.5) is 33.7 Å². The first-order valence-electron chi connectivity index (χ1n) is 11.9. The molecule has 0 bridgehead atoms. The van der Waals surface area contributed by atoms with Gasteiger partial charge in [-0.2, -0.15) is 18.2 Å². The van der Waals surface area contributed by atoms with E-state index in [2.05, 4.69) is 10.3 Å². The van der Waals surface area contributed by atoms with Crippen LogP contribution in [0, 0.1) is 17.0 Å². The van der Waals surface area contributed by atoms with Crippen LogP contribution in [0.1, 0.15) is 55.8 Å². The molecule has 1 aromatic heterocycles. The maximum absolute atomic E-state index is 14.6. The number of alkyl halides is 3. The van der Waals surface area contributed by atoms with Gasteiger partial charge in [0.1, 0.15) is 18.3 Å². The van der Waals surface area contributed by atoms with Gasteiger partial charge in [-0.25, -0.2) is 8.78 Å². The predicted molar refractivity (Wildman–Crippen MR) is 120 cm³/mol. The number of halogens is 5. The number of anilines is 2. The minimum atomic E-state index is -4.66. The number of amides is 1. The lowest BCUT2D eigenvalue weighted by Crippen LogP contribution is -2.56. The SMILES string of the molecule is CCC1(CC)CN(c2nc(C(=O)Nc3cc(F)c(OC4CCCOC4)c(F)c3)c(CC(F)(F)F)o2)C1. The normalized spacial score (nSPS) is 19.6. The highest BCUT2D eigenvalue weighted by atomic mass is 19.4. The Hall–Kier alpha value is -2.89. The minimum absolute atomic E-state index is 0.0176. The van der Waals surface area contributed by atoms with Crippen LogP contribution in [0.2, 0.25) is 0 Å². The van der Waals surface area contributed by atoms with Gasteiger partial charge in [-0.3, -0.25) is 4.79 Å². The number of nitrogens with one attached hydrogen (secondary N) is 1. The summed E-state index contributed by atoms with van der Waals surface area (Å²) in [5.74, 6) is -4.49. The van der Waals surface area contributed by atoms with E-state index in [1.54, 1.807) is 4.90 Å². The van der Waals surface area contributed by atoms with Crippen LogP contribution in [0.3, 0.4) is 0 Å². The molecule has 2 fully saturated rings. The number of oxazole rings is 1. The Balaban J connectivity index is 1.52. The topological polar surface area (TPSA) is 76.8 Å². The lowest BCUT2D eigenvalue weighted by atomic mass is 9.75. The van der Waals surface area contributed by atoms with E-state index in [1.165, 1.54) is 0 Å². The molecule has 0 saturated carbocycles. The molecule has 1 atom stereocenters. The molecule has 198 valence electrons. The van der Waals surface area contributed by atoms with Crippen LogP contribution in [0.15, 0.2) is 16.5 Å². The summed E-state index contributed by atoms with van der Waals surface area (Å²) in [5.41, 5.74) is -0.873. The molecule has 2 saturated heterocycles. The molecule has 0 aliphatic carbocycles. The van der Waals surface area contributed by atoms with Gasteiger partial charge >= 0.3 is 6.18 Å². The molecule has 1 amide bonds.